The number of morpholine rings is 1. The van der Waals surface area contributed by atoms with Crippen LogP contribution in [-0.2, 0) is 14.8 Å². The zero-order valence-corrected chi connectivity index (χ0v) is 19.8. The lowest BCUT2D eigenvalue weighted by atomic mass is 10.1. The number of para-hydroxylation sites is 2. The number of piperidine rings is 1. The van der Waals surface area contributed by atoms with Crippen molar-refractivity contribution in [3.05, 3.63) is 48.0 Å². The third-order valence-corrected chi connectivity index (χ3v) is 7.85. The molecule has 0 unspecified atom stereocenters. The molecule has 4 rings (SSSR count). The summed E-state index contributed by atoms with van der Waals surface area (Å²) in [6.45, 7) is 5.75. The number of nitrogens with zero attached hydrogens (tertiary/aromatic N) is 2. The first-order chi connectivity index (χ1) is 16.0. The summed E-state index contributed by atoms with van der Waals surface area (Å²) in [5, 5.41) is 2.92. The molecule has 178 valence electrons. The molecule has 0 bridgehead atoms. The van der Waals surface area contributed by atoms with E-state index in [1.165, 1.54) is 10.4 Å². The molecule has 0 radical (unpaired) electrons. The van der Waals surface area contributed by atoms with Crippen molar-refractivity contribution >= 4 is 27.3 Å². The van der Waals surface area contributed by atoms with Gasteiger partial charge in [-0.3, -0.25) is 4.79 Å². The quantitative estimate of drug-likeness (QED) is 0.664. The average molecular weight is 474 g/mol. The molecule has 9 heteroatoms. The van der Waals surface area contributed by atoms with Crippen LogP contribution in [-0.4, -0.2) is 64.6 Å². The van der Waals surface area contributed by atoms with Crippen molar-refractivity contribution < 1.29 is 22.7 Å². The number of amides is 1. The molecular formula is C24H31N3O5S. The van der Waals surface area contributed by atoms with Crippen molar-refractivity contribution in [2.24, 2.45) is 0 Å². The van der Waals surface area contributed by atoms with Crippen LogP contribution >= 0.6 is 0 Å². The Hall–Kier alpha value is -2.62. The number of nitrogens with one attached hydrogen (secondary N) is 1. The number of hydrogen-bond acceptors (Lipinski definition) is 6. The molecule has 1 amide bonds. The monoisotopic (exact) mass is 473 g/mol. The molecular weight excluding hydrogens is 442 g/mol. The van der Waals surface area contributed by atoms with Gasteiger partial charge < -0.3 is 19.7 Å². The third kappa shape index (κ3) is 5.31. The highest BCUT2D eigenvalue weighted by molar-refractivity contribution is 7.89. The van der Waals surface area contributed by atoms with E-state index in [4.69, 9.17) is 9.47 Å². The van der Waals surface area contributed by atoms with Crippen LogP contribution in [0.1, 0.15) is 36.5 Å². The van der Waals surface area contributed by atoms with E-state index in [2.05, 4.69) is 10.2 Å². The minimum atomic E-state index is -3.67. The predicted octanol–water partition coefficient (Wildman–Crippen LogP) is 3.35. The SMILES string of the molecule is CCOc1ccccc1NC(=O)c1cc(S(=O)(=O)N2CCCCC2)ccc1N1CCOCC1. The summed E-state index contributed by atoms with van der Waals surface area (Å²) < 4.78 is 39.2. The first-order valence-electron chi connectivity index (χ1n) is 11.5. The summed E-state index contributed by atoms with van der Waals surface area (Å²) in [6, 6.07) is 12.1. The molecule has 0 aliphatic carbocycles. The Morgan fingerprint density at radius 2 is 1.76 bits per heavy atom. The second-order valence-electron chi connectivity index (χ2n) is 8.13. The van der Waals surface area contributed by atoms with Gasteiger partial charge in [-0.15, -0.1) is 0 Å². The Kier molecular flexibility index (Phi) is 7.52. The van der Waals surface area contributed by atoms with E-state index in [-0.39, 0.29) is 10.8 Å². The summed E-state index contributed by atoms with van der Waals surface area (Å²) in [6.07, 6.45) is 2.74. The molecule has 8 nitrogen and oxygen atoms in total. The number of anilines is 2. The van der Waals surface area contributed by atoms with Gasteiger partial charge in [0.05, 0.1) is 36.0 Å². The minimum absolute atomic E-state index is 0.143. The number of rotatable bonds is 7. The topological polar surface area (TPSA) is 88.2 Å². The van der Waals surface area contributed by atoms with Crippen LogP contribution in [0.25, 0.3) is 0 Å². The molecule has 0 spiro atoms. The second-order valence-corrected chi connectivity index (χ2v) is 10.1. The van der Waals surface area contributed by atoms with Crippen molar-refractivity contribution in [1.82, 2.24) is 4.31 Å². The molecule has 2 saturated heterocycles. The molecule has 2 fully saturated rings. The van der Waals surface area contributed by atoms with E-state index < -0.39 is 10.0 Å². The van der Waals surface area contributed by atoms with Gasteiger partial charge in [0.15, 0.2) is 0 Å². The van der Waals surface area contributed by atoms with E-state index in [0.717, 1.165) is 19.3 Å². The van der Waals surface area contributed by atoms with Crippen LogP contribution in [0.5, 0.6) is 5.75 Å². The lowest BCUT2D eigenvalue weighted by molar-refractivity contribution is 0.102. The number of carbonyl (C=O) groups is 1. The standard InChI is InChI=1S/C24H31N3O5S/c1-2-32-23-9-5-4-8-21(23)25-24(28)20-18-19(33(29,30)27-12-6-3-7-13-27)10-11-22(20)26-14-16-31-17-15-26/h4-5,8-11,18H,2-3,6-7,12-17H2,1H3,(H,25,28). The lowest BCUT2D eigenvalue weighted by Crippen LogP contribution is -2.38. The fraction of sp³-hybridized carbons (Fsp3) is 0.458. The molecule has 2 aromatic carbocycles. The normalized spacial score (nSPS) is 17.5. The number of hydrogen-bond donors (Lipinski definition) is 1. The number of benzene rings is 2. The maximum atomic E-state index is 13.5. The first-order valence-corrected chi connectivity index (χ1v) is 12.9. The molecule has 2 aliphatic heterocycles. The molecule has 2 heterocycles. The summed E-state index contributed by atoms with van der Waals surface area (Å²) in [5.41, 5.74) is 1.56. The maximum Gasteiger partial charge on any atom is 0.257 e. The number of carbonyl (C=O) groups excluding carboxylic acids is 1. The molecule has 33 heavy (non-hydrogen) atoms. The van der Waals surface area contributed by atoms with Crippen LogP contribution in [0.3, 0.4) is 0 Å². The van der Waals surface area contributed by atoms with Crippen LogP contribution < -0.4 is 15.0 Å². The smallest absolute Gasteiger partial charge is 0.257 e. The highest BCUT2D eigenvalue weighted by atomic mass is 32.2. The van der Waals surface area contributed by atoms with Crippen LogP contribution in [0.4, 0.5) is 11.4 Å². The van der Waals surface area contributed by atoms with E-state index in [1.54, 1.807) is 24.3 Å². The van der Waals surface area contributed by atoms with Gasteiger partial charge in [-0.2, -0.15) is 4.31 Å². The number of ether oxygens (including phenoxy) is 2. The van der Waals surface area contributed by atoms with Crippen LogP contribution in [0, 0.1) is 0 Å². The largest absolute Gasteiger partial charge is 0.492 e. The fourth-order valence-corrected chi connectivity index (χ4v) is 5.78. The minimum Gasteiger partial charge on any atom is -0.492 e. The molecule has 2 aromatic rings. The van der Waals surface area contributed by atoms with Gasteiger partial charge in [0.25, 0.3) is 5.91 Å². The third-order valence-electron chi connectivity index (χ3n) is 5.95. The van der Waals surface area contributed by atoms with E-state index in [1.807, 2.05) is 19.1 Å². The predicted molar refractivity (Wildman–Crippen MR) is 128 cm³/mol. The molecule has 0 atom stereocenters. The summed E-state index contributed by atoms with van der Waals surface area (Å²) in [4.78, 5) is 15.7. The Morgan fingerprint density at radius 1 is 1.03 bits per heavy atom. The van der Waals surface area contributed by atoms with Crippen LogP contribution in [0.2, 0.25) is 0 Å². The van der Waals surface area contributed by atoms with Gasteiger partial charge in [-0.1, -0.05) is 18.6 Å². The zero-order chi connectivity index (χ0) is 23.3. The van der Waals surface area contributed by atoms with Crippen molar-refractivity contribution in [1.29, 1.82) is 0 Å². The second kappa shape index (κ2) is 10.5. The summed E-state index contributed by atoms with van der Waals surface area (Å²) in [7, 11) is -3.67. The first kappa shape index (κ1) is 23.5. The van der Waals surface area contributed by atoms with Gasteiger partial charge in [0, 0.05) is 31.9 Å². The molecule has 2 aliphatic rings. The highest BCUT2D eigenvalue weighted by Crippen LogP contribution is 2.30. The van der Waals surface area contributed by atoms with Crippen molar-refractivity contribution in [2.75, 3.05) is 56.2 Å². The van der Waals surface area contributed by atoms with Gasteiger partial charge in [0.2, 0.25) is 10.0 Å². The lowest BCUT2D eigenvalue weighted by Gasteiger charge is -2.31. The van der Waals surface area contributed by atoms with Crippen LogP contribution in [0.15, 0.2) is 47.4 Å². The summed E-state index contributed by atoms with van der Waals surface area (Å²) >= 11 is 0. The van der Waals surface area contributed by atoms with Gasteiger partial charge in [-0.05, 0) is 50.1 Å². The maximum absolute atomic E-state index is 13.5. The van der Waals surface area contributed by atoms with Gasteiger partial charge in [-0.25, -0.2) is 8.42 Å². The summed E-state index contributed by atoms with van der Waals surface area (Å²) in [5.74, 6) is 0.192. The Labute approximate surface area is 195 Å². The van der Waals surface area contributed by atoms with E-state index >= 15 is 0 Å². The van der Waals surface area contributed by atoms with E-state index in [0.29, 0.717) is 68.7 Å². The van der Waals surface area contributed by atoms with Gasteiger partial charge in [0.1, 0.15) is 5.75 Å². The highest BCUT2D eigenvalue weighted by Gasteiger charge is 2.29. The number of sulfonamides is 1. The zero-order valence-electron chi connectivity index (χ0n) is 19.0. The molecule has 1 N–H and O–H groups in total. The van der Waals surface area contributed by atoms with E-state index in [9.17, 15) is 13.2 Å². The average Bonchev–Trinajstić information content (AvgIpc) is 2.86. The fourth-order valence-electron chi connectivity index (χ4n) is 4.23. The van der Waals surface area contributed by atoms with Crippen molar-refractivity contribution in [3.63, 3.8) is 0 Å². The Balaban J connectivity index is 1.70. The van der Waals surface area contributed by atoms with Crippen molar-refractivity contribution in [3.8, 4) is 5.75 Å². The molecule has 0 aromatic heterocycles. The van der Waals surface area contributed by atoms with Gasteiger partial charge >= 0.3 is 0 Å². The molecule has 0 saturated carbocycles. The Bertz CT molecular complexity index is 1080. The Morgan fingerprint density at radius 3 is 2.48 bits per heavy atom. The van der Waals surface area contributed by atoms with Crippen molar-refractivity contribution in [2.45, 2.75) is 31.1 Å².